The van der Waals surface area contributed by atoms with Crippen LogP contribution in [0, 0.1) is 19.8 Å². The molecule has 0 radical (unpaired) electrons. The summed E-state index contributed by atoms with van der Waals surface area (Å²) < 4.78 is 37.0. The molecule has 2 atom stereocenters. The molecule has 0 saturated carbocycles. The van der Waals surface area contributed by atoms with Gasteiger partial charge in [0, 0.05) is 0 Å². The number of methoxy groups -OCH3 is 1. The molecule has 9 nitrogen and oxygen atoms in total. The van der Waals surface area contributed by atoms with Crippen molar-refractivity contribution in [2.75, 3.05) is 7.11 Å². The van der Waals surface area contributed by atoms with E-state index in [0.29, 0.717) is 0 Å². The summed E-state index contributed by atoms with van der Waals surface area (Å²) in [5.41, 5.74) is 1.73. The van der Waals surface area contributed by atoms with E-state index in [2.05, 4.69) is 9.46 Å². The first kappa shape index (κ1) is 23.6. The van der Waals surface area contributed by atoms with Crippen molar-refractivity contribution in [3.05, 3.63) is 29.3 Å². The van der Waals surface area contributed by atoms with Crippen LogP contribution in [0.15, 0.2) is 23.1 Å². The van der Waals surface area contributed by atoms with Gasteiger partial charge in [0.25, 0.3) is 5.91 Å². The zero-order chi connectivity index (χ0) is 21.6. The second kappa shape index (κ2) is 9.65. The van der Waals surface area contributed by atoms with Gasteiger partial charge >= 0.3 is 12.1 Å². The van der Waals surface area contributed by atoms with Crippen LogP contribution >= 0.6 is 0 Å². The van der Waals surface area contributed by atoms with Crippen molar-refractivity contribution >= 4 is 28.0 Å². The van der Waals surface area contributed by atoms with E-state index in [-0.39, 0.29) is 4.90 Å². The largest absolute Gasteiger partial charge is 0.453 e. The van der Waals surface area contributed by atoms with Gasteiger partial charge in [-0.25, -0.2) is 13.2 Å². The minimum atomic E-state index is -3.99. The number of hydrogen-bond acceptors (Lipinski definition) is 7. The van der Waals surface area contributed by atoms with Crippen molar-refractivity contribution in [2.24, 2.45) is 5.92 Å². The van der Waals surface area contributed by atoms with Gasteiger partial charge in [-0.15, -0.1) is 0 Å². The molecule has 0 aliphatic carbocycles. The maximum Gasteiger partial charge on any atom is 0.413 e. The van der Waals surface area contributed by atoms with Crippen LogP contribution in [-0.2, 0) is 29.1 Å². The molecular formula is C18H26N2O7S. The normalized spacial score (nSPS) is 13.5. The Morgan fingerprint density at radius 1 is 1.04 bits per heavy atom. The number of ether oxygens (including phenoxy) is 2. The molecule has 0 bridgehead atoms. The minimum absolute atomic E-state index is 0.0190. The standard InChI is InChI=1S/C18H26N2O7S/c1-10(2)15(17(22)27-13(5)16(21)19-18(23)26-6)20-28(24,25)14-8-7-11(3)12(4)9-14/h7-10,13,15,20H,1-6H3,(H,19,21,23)/t13-,15+/m0/s1. The number of carbonyl (C=O) groups excluding carboxylic acids is 3. The van der Waals surface area contributed by atoms with Gasteiger partial charge in [-0.2, -0.15) is 4.72 Å². The summed E-state index contributed by atoms with van der Waals surface area (Å²) in [6, 6.07) is 3.40. The zero-order valence-corrected chi connectivity index (χ0v) is 17.5. The highest BCUT2D eigenvalue weighted by molar-refractivity contribution is 7.89. The van der Waals surface area contributed by atoms with Crippen molar-refractivity contribution in [1.82, 2.24) is 10.0 Å². The molecule has 156 valence electrons. The quantitative estimate of drug-likeness (QED) is 0.646. The third kappa shape index (κ3) is 6.31. The molecule has 28 heavy (non-hydrogen) atoms. The van der Waals surface area contributed by atoms with Crippen molar-refractivity contribution < 1.29 is 32.3 Å². The molecule has 0 aromatic heterocycles. The fourth-order valence-electron chi connectivity index (χ4n) is 2.13. The van der Waals surface area contributed by atoms with Gasteiger partial charge in [0.2, 0.25) is 10.0 Å². The minimum Gasteiger partial charge on any atom is -0.453 e. The molecule has 2 N–H and O–H groups in total. The Kier molecular flexibility index (Phi) is 8.13. The van der Waals surface area contributed by atoms with Gasteiger partial charge in [-0.05, 0) is 49.9 Å². The molecule has 1 aromatic carbocycles. The maximum absolute atomic E-state index is 12.7. The lowest BCUT2D eigenvalue weighted by Gasteiger charge is -2.22. The Balaban J connectivity index is 2.94. The molecule has 10 heteroatoms. The SMILES string of the molecule is COC(=O)NC(=O)[C@H](C)OC(=O)[C@H](NS(=O)(=O)c1ccc(C)c(C)c1)C(C)C. The predicted octanol–water partition coefficient (Wildman–Crippen LogP) is 1.42. The number of carbonyl (C=O) groups is 3. The van der Waals surface area contributed by atoms with Crippen molar-refractivity contribution in [3.8, 4) is 0 Å². The van der Waals surface area contributed by atoms with Crippen LogP contribution in [0.5, 0.6) is 0 Å². The summed E-state index contributed by atoms with van der Waals surface area (Å²) >= 11 is 0. The third-order valence-electron chi connectivity index (χ3n) is 4.06. The molecule has 0 saturated heterocycles. The molecule has 2 amide bonds. The Morgan fingerprint density at radius 3 is 2.14 bits per heavy atom. The van der Waals surface area contributed by atoms with Crippen LogP contribution in [0.3, 0.4) is 0 Å². The number of sulfonamides is 1. The van der Waals surface area contributed by atoms with Gasteiger partial charge < -0.3 is 9.47 Å². The lowest BCUT2D eigenvalue weighted by atomic mass is 10.1. The smallest absolute Gasteiger partial charge is 0.413 e. The van der Waals surface area contributed by atoms with Gasteiger partial charge in [0.15, 0.2) is 6.10 Å². The highest BCUT2D eigenvalue weighted by Crippen LogP contribution is 2.17. The summed E-state index contributed by atoms with van der Waals surface area (Å²) in [5, 5.41) is 1.87. The Morgan fingerprint density at radius 2 is 1.64 bits per heavy atom. The molecule has 0 spiro atoms. The fourth-order valence-corrected chi connectivity index (χ4v) is 3.54. The molecule has 1 rings (SSSR count). The van der Waals surface area contributed by atoms with Gasteiger partial charge in [-0.1, -0.05) is 19.9 Å². The zero-order valence-electron chi connectivity index (χ0n) is 16.7. The predicted molar refractivity (Wildman–Crippen MR) is 101 cm³/mol. The van der Waals surface area contributed by atoms with E-state index in [9.17, 15) is 22.8 Å². The molecule has 0 aliphatic rings. The number of aryl methyl sites for hydroxylation is 2. The van der Waals surface area contributed by atoms with E-state index < -0.39 is 46.1 Å². The fraction of sp³-hybridized carbons (Fsp3) is 0.500. The lowest BCUT2D eigenvalue weighted by molar-refractivity contribution is -0.157. The van der Waals surface area contributed by atoms with Crippen LogP contribution in [0.25, 0.3) is 0 Å². The molecular weight excluding hydrogens is 388 g/mol. The monoisotopic (exact) mass is 414 g/mol. The van der Waals surface area contributed by atoms with E-state index in [4.69, 9.17) is 4.74 Å². The van der Waals surface area contributed by atoms with Crippen molar-refractivity contribution in [1.29, 1.82) is 0 Å². The second-order valence-electron chi connectivity index (χ2n) is 6.65. The molecule has 0 heterocycles. The first-order valence-corrected chi connectivity index (χ1v) is 10.1. The Hall–Kier alpha value is -2.46. The van der Waals surface area contributed by atoms with E-state index in [1.54, 1.807) is 26.8 Å². The number of imide groups is 1. The molecule has 0 unspecified atom stereocenters. The van der Waals surface area contributed by atoms with E-state index in [1.165, 1.54) is 19.1 Å². The average molecular weight is 414 g/mol. The van der Waals surface area contributed by atoms with Crippen LogP contribution in [-0.4, -0.2) is 45.6 Å². The highest BCUT2D eigenvalue weighted by Gasteiger charge is 2.32. The lowest BCUT2D eigenvalue weighted by Crippen LogP contribution is -2.48. The summed E-state index contributed by atoms with van der Waals surface area (Å²) in [7, 11) is -2.91. The third-order valence-corrected chi connectivity index (χ3v) is 5.50. The number of amides is 2. The Bertz CT molecular complexity index is 849. The molecule has 1 aromatic rings. The number of nitrogens with one attached hydrogen (secondary N) is 2. The van der Waals surface area contributed by atoms with Gasteiger partial charge in [-0.3, -0.25) is 14.9 Å². The number of benzene rings is 1. The van der Waals surface area contributed by atoms with E-state index in [1.807, 2.05) is 12.2 Å². The first-order chi connectivity index (χ1) is 12.9. The summed E-state index contributed by atoms with van der Waals surface area (Å²) in [5.74, 6) is -2.28. The number of hydrogen-bond donors (Lipinski definition) is 2. The molecule has 0 fully saturated rings. The van der Waals surface area contributed by atoms with Crippen molar-refractivity contribution in [3.63, 3.8) is 0 Å². The number of alkyl carbamates (subject to hydrolysis) is 1. The van der Waals surface area contributed by atoms with Gasteiger partial charge in [0.1, 0.15) is 6.04 Å². The summed E-state index contributed by atoms with van der Waals surface area (Å²) in [6.45, 7) is 8.16. The topological polar surface area (TPSA) is 128 Å². The maximum atomic E-state index is 12.7. The van der Waals surface area contributed by atoms with Crippen LogP contribution in [0.4, 0.5) is 4.79 Å². The second-order valence-corrected chi connectivity index (χ2v) is 8.36. The highest BCUT2D eigenvalue weighted by atomic mass is 32.2. The number of esters is 1. The first-order valence-electron chi connectivity index (χ1n) is 8.58. The van der Waals surface area contributed by atoms with Gasteiger partial charge in [0.05, 0.1) is 12.0 Å². The van der Waals surface area contributed by atoms with Crippen molar-refractivity contribution in [2.45, 2.75) is 51.7 Å². The van der Waals surface area contributed by atoms with E-state index in [0.717, 1.165) is 18.2 Å². The van der Waals surface area contributed by atoms with E-state index >= 15 is 0 Å². The molecule has 0 aliphatic heterocycles. The number of rotatable bonds is 7. The average Bonchev–Trinajstić information content (AvgIpc) is 2.61. The summed E-state index contributed by atoms with van der Waals surface area (Å²) in [4.78, 5) is 35.3. The Labute approximate surface area is 164 Å². The summed E-state index contributed by atoms with van der Waals surface area (Å²) in [6.07, 6.45) is -2.32. The van der Waals surface area contributed by atoms with Crippen LogP contribution in [0.1, 0.15) is 31.9 Å². The van der Waals surface area contributed by atoms with Crippen LogP contribution in [0.2, 0.25) is 0 Å². The van der Waals surface area contributed by atoms with Crippen LogP contribution < -0.4 is 10.0 Å².